The second kappa shape index (κ2) is 17.0. The van der Waals surface area contributed by atoms with E-state index in [0.717, 1.165) is 43.3 Å². The van der Waals surface area contributed by atoms with E-state index in [4.69, 9.17) is 15.2 Å². The molecule has 2 aliphatic rings. The van der Waals surface area contributed by atoms with Crippen LogP contribution in [0.4, 0.5) is 13.2 Å². The second-order valence-electron chi connectivity index (χ2n) is 11.4. The molecular weight excluding hydrogens is 599 g/mol. The van der Waals surface area contributed by atoms with Crippen LogP contribution in [-0.4, -0.2) is 68.1 Å². The summed E-state index contributed by atoms with van der Waals surface area (Å²) in [5.74, 6) is 0.305. The zero-order valence-corrected chi connectivity index (χ0v) is 26.0. The van der Waals surface area contributed by atoms with Gasteiger partial charge < -0.3 is 25.8 Å². The van der Waals surface area contributed by atoms with E-state index in [-0.39, 0.29) is 36.0 Å². The van der Waals surface area contributed by atoms with Crippen LogP contribution in [0.25, 0.3) is 0 Å². The number of amides is 2. The SMILES string of the molecule is COc1cccc(C(NC(=O)C2CCN(CCOc3ccccc3C(F)(F)F)CC2)c2ccccn2)c1.NC(=O)C1CCNCC1. The zero-order chi connectivity index (χ0) is 32.9. The maximum absolute atomic E-state index is 13.2. The summed E-state index contributed by atoms with van der Waals surface area (Å²) in [5, 5.41) is 6.33. The van der Waals surface area contributed by atoms with Gasteiger partial charge in [-0.3, -0.25) is 19.5 Å². The van der Waals surface area contributed by atoms with Gasteiger partial charge in [0, 0.05) is 24.6 Å². The first kappa shape index (κ1) is 34.7. The number of ether oxygens (including phenoxy) is 2. The first-order valence-corrected chi connectivity index (χ1v) is 15.5. The van der Waals surface area contributed by atoms with Crippen LogP contribution >= 0.6 is 0 Å². The minimum absolute atomic E-state index is 0.0477. The molecule has 1 unspecified atom stereocenters. The molecule has 9 nitrogen and oxygen atoms in total. The molecule has 2 amide bonds. The van der Waals surface area contributed by atoms with Crippen LogP contribution < -0.4 is 25.8 Å². The van der Waals surface area contributed by atoms with Gasteiger partial charge >= 0.3 is 6.18 Å². The summed E-state index contributed by atoms with van der Waals surface area (Å²) >= 11 is 0. The summed E-state index contributed by atoms with van der Waals surface area (Å²) < 4.78 is 50.3. The van der Waals surface area contributed by atoms with E-state index in [2.05, 4.69) is 20.5 Å². The van der Waals surface area contributed by atoms with Gasteiger partial charge in [0.05, 0.1) is 24.4 Å². The number of para-hydroxylation sites is 1. The number of benzene rings is 2. The summed E-state index contributed by atoms with van der Waals surface area (Å²) in [6, 6.07) is 17.9. The Morgan fingerprint density at radius 3 is 2.35 bits per heavy atom. The molecule has 0 aliphatic carbocycles. The van der Waals surface area contributed by atoms with Crippen molar-refractivity contribution in [3.63, 3.8) is 0 Å². The van der Waals surface area contributed by atoms with Crippen molar-refractivity contribution in [1.82, 2.24) is 20.5 Å². The number of hydrogen-bond donors (Lipinski definition) is 3. The Morgan fingerprint density at radius 2 is 1.72 bits per heavy atom. The Labute approximate surface area is 267 Å². The molecule has 2 saturated heterocycles. The van der Waals surface area contributed by atoms with Gasteiger partial charge in [0.25, 0.3) is 0 Å². The summed E-state index contributed by atoms with van der Waals surface area (Å²) in [5.41, 5.74) is 5.94. The van der Waals surface area contributed by atoms with Crippen LogP contribution in [0, 0.1) is 11.8 Å². The Kier molecular flexibility index (Phi) is 12.8. The van der Waals surface area contributed by atoms with Crippen molar-refractivity contribution >= 4 is 11.8 Å². The minimum Gasteiger partial charge on any atom is -0.497 e. The van der Waals surface area contributed by atoms with Crippen LogP contribution in [0.1, 0.15) is 48.5 Å². The lowest BCUT2D eigenvalue weighted by atomic mass is 9.94. The fraction of sp³-hybridized carbons (Fsp3) is 0.441. The number of hydrogen-bond acceptors (Lipinski definition) is 7. The quantitative estimate of drug-likeness (QED) is 0.297. The van der Waals surface area contributed by atoms with E-state index in [1.807, 2.05) is 42.5 Å². The molecule has 0 spiro atoms. The third-order valence-corrected chi connectivity index (χ3v) is 8.25. The molecule has 12 heteroatoms. The number of likely N-dealkylation sites (tertiary alicyclic amines) is 1. The van der Waals surface area contributed by atoms with Crippen molar-refractivity contribution in [2.75, 3.05) is 46.4 Å². The molecule has 248 valence electrons. The Morgan fingerprint density at radius 1 is 1.00 bits per heavy atom. The average molecular weight is 642 g/mol. The standard InChI is InChI=1S/C28H30F3N3O3.C6H12N2O/c1-36-22-8-6-7-21(19-22)26(24-10-4-5-14-32-24)33-27(35)20-12-15-34(16-13-20)17-18-37-25-11-3-2-9-23(25)28(29,30)31;7-6(9)5-1-3-8-4-2-5/h2-11,14,19-20,26H,12-13,15-18H2,1H3,(H,33,35);5,8H,1-4H2,(H2,7,9). The smallest absolute Gasteiger partial charge is 0.419 e. The molecule has 0 bridgehead atoms. The number of alkyl halides is 3. The van der Waals surface area contributed by atoms with Gasteiger partial charge in [-0.25, -0.2) is 0 Å². The molecule has 0 saturated carbocycles. The molecule has 4 N–H and O–H groups in total. The summed E-state index contributed by atoms with van der Waals surface area (Å²) in [4.78, 5) is 30.3. The number of piperidine rings is 2. The van der Waals surface area contributed by atoms with Crippen molar-refractivity contribution in [2.24, 2.45) is 17.6 Å². The van der Waals surface area contributed by atoms with Crippen molar-refractivity contribution in [1.29, 1.82) is 0 Å². The molecular formula is C34H42F3N5O4. The van der Waals surface area contributed by atoms with E-state index >= 15 is 0 Å². The van der Waals surface area contributed by atoms with Crippen LogP contribution in [0.2, 0.25) is 0 Å². The topological polar surface area (TPSA) is 119 Å². The third kappa shape index (κ3) is 10.2. The van der Waals surface area contributed by atoms with Crippen molar-refractivity contribution in [3.05, 3.63) is 89.7 Å². The molecule has 5 rings (SSSR count). The predicted octanol–water partition coefficient (Wildman–Crippen LogP) is 4.58. The normalized spacial score (nSPS) is 16.9. The molecule has 46 heavy (non-hydrogen) atoms. The van der Waals surface area contributed by atoms with Gasteiger partial charge in [0.15, 0.2) is 0 Å². The number of primary amides is 1. The first-order valence-electron chi connectivity index (χ1n) is 15.5. The highest BCUT2D eigenvalue weighted by Gasteiger charge is 2.34. The Bertz CT molecular complexity index is 1390. The van der Waals surface area contributed by atoms with Gasteiger partial charge in [0.2, 0.25) is 11.8 Å². The lowest BCUT2D eigenvalue weighted by Crippen LogP contribution is -2.43. The first-order chi connectivity index (χ1) is 22.2. The molecule has 3 heterocycles. The number of pyridine rings is 1. The van der Waals surface area contributed by atoms with Gasteiger partial charge in [-0.15, -0.1) is 0 Å². The van der Waals surface area contributed by atoms with E-state index < -0.39 is 17.8 Å². The molecule has 2 aromatic carbocycles. The van der Waals surface area contributed by atoms with Gasteiger partial charge in [0.1, 0.15) is 18.1 Å². The van der Waals surface area contributed by atoms with Gasteiger partial charge in [-0.05, 0) is 93.8 Å². The number of nitrogens with two attached hydrogens (primary N) is 1. The van der Waals surface area contributed by atoms with Gasteiger partial charge in [-0.1, -0.05) is 30.3 Å². The number of carbonyl (C=O) groups is 2. The third-order valence-electron chi connectivity index (χ3n) is 8.25. The summed E-state index contributed by atoms with van der Waals surface area (Å²) in [6.07, 6.45) is 0.364. The summed E-state index contributed by atoms with van der Waals surface area (Å²) in [6.45, 7) is 3.83. The fourth-order valence-corrected chi connectivity index (χ4v) is 5.59. The fourth-order valence-electron chi connectivity index (χ4n) is 5.59. The van der Waals surface area contributed by atoms with Crippen LogP contribution in [-0.2, 0) is 15.8 Å². The summed E-state index contributed by atoms with van der Waals surface area (Å²) in [7, 11) is 1.60. The van der Waals surface area contributed by atoms with Crippen molar-refractivity contribution in [2.45, 2.75) is 37.9 Å². The molecule has 0 radical (unpaired) electrons. The highest BCUT2D eigenvalue weighted by Crippen LogP contribution is 2.36. The maximum Gasteiger partial charge on any atom is 0.419 e. The Balaban J connectivity index is 0.000000459. The monoisotopic (exact) mass is 641 g/mol. The van der Waals surface area contributed by atoms with Gasteiger partial charge in [-0.2, -0.15) is 13.2 Å². The molecule has 1 atom stereocenters. The highest BCUT2D eigenvalue weighted by atomic mass is 19.4. The maximum atomic E-state index is 13.2. The zero-order valence-electron chi connectivity index (χ0n) is 26.0. The number of halogens is 3. The van der Waals surface area contributed by atoms with E-state index in [0.29, 0.717) is 38.2 Å². The largest absolute Gasteiger partial charge is 0.497 e. The van der Waals surface area contributed by atoms with E-state index in [1.54, 1.807) is 13.3 Å². The molecule has 1 aromatic heterocycles. The van der Waals surface area contributed by atoms with Crippen LogP contribution in [0.5, 0.6) is 11.5 Å². The molecule has 3 aromatic rings. The van der Waals surface area contributed by atoms with Crippen molar-refractivity contribution < 1.29 is 32.2 Å². The highest BCUT2D eigenvalue weighted by molar-refractivity contribution is 5.79. The second-order valence-corrected chi connectivity index (χ2v) is 11.4. The number of nitrogens with one attached hydrogen (secondary N) is 2. The lowest BCUT2D eigenvalue weighted by molar-refractivity contribution is -0.139. The van der Waals surface area contributed by atoms with E-state index in [1.165, 1.54) is 18.2 Å². The predicted molar refractivity (Wildman–Crippen MR) is 168 cm³/mol. The Hall–Kier alpha value is -4.16. The van der Waals surface area contributed by atoms with Crippen molar-refractivity contribution in [3.8, 4) is 11.5 Å². The number of rotatable bonds is 10. The minimum atomic E-state index is -4.46. The van der Waals surface area contributed by atoms with Crippen LogP contribution in [0.3, 0.4) is 0 Å². The number of nitrogens with zero attached hydrogens (tertiary/aromatic N) is 2. The number of carbonyl (C=O) groups excluding carboxylic acids is 2. The lowest BCUT2D eigenvalue weighted by Gasteiger charge is -2.32. The molecule has 2 fully saturated rings. The average Bonchev–Trinajstić information content (AvgIpc) is 3.08. The van der Waals surface area contributed by atoms with E-state index in [9.17, 15) is 22.8 Å². The number of aromatic nitrogens is 1. The number of methoxy groups -OCH3 is 1. The molecule has 2 aliphatic heterocycles. The van der Waals surface area contributed by atoms with Crippen LogP contribution in [0.15, 0.2) is 72.9 Å².